The van der Waals surface area contributed by atoms with E-state index >= 15 is 0 Å². The van der Waals surface area contributed by atoms with E-state index in [9.17, 15) is 14.0 Å². The molecule has 0 spiro atoms. The van der Waals surface area contributed by atoms with Crippen LogP contribution in [-0.4, -0.2) is 24.5 Å². The summed E-state index contributed by atoms with van der Waals surface area (Å²) in [5, 5.41) is 2.75. The number of hydrogen-bond donors (Lipinski definition) is 1. The molecule has 136 valence electrons. The highest BCUT2D eigenvalue weighted by Crippen LogP contribution is 2.33. The van der Waals surface area contributed by atoms with Crippen molar-refractivity contribution < 1.29 is 18.7 Å². The number of hydrogen-bond acceptors (Lipinski definition) is 3. The van der Waals surface area contributed by atoms with Crippen molar-refractivity contribution in [2.45, 2.75) is 32.4 Å². The number of benzene rings is 2. The Morgan fingerprint density at radius 1 is 1.15 bits per heavy atom. The number of nitrogens with zero attached hydrogens (tertiary/aromatic N) is 1. The van der Waals surface area contributed by atoms with Crippen molar-refractivity contribution in [1.82, 2.24) is 5.32 Å². The van der Waals surface area contributed by atoms with Gasteiger partial charge in [0.25, 0.3) is 0 Å². The average Bonchev–Trinajstić information content (AvgIpc) is 2.65. The van der Waals surface area contributed by atoms with Crippen LogP contribution in [-0.2, 0) is 16.1 Å². The second-order valence-electron chi connectivity index (χ2n) is 6.30. The summed E-state index contributed by atoms with van der Waals surface area (Å²) in [4.78, 5) is 26.2. The Labute approximate surface area is 151 Å². The van der Waals surface area contributed by atoms with Gasteiger partial charge in [-0.05, 0) is 36.8 Å². The van der Waals surface area contributed by atoms with Gasteiger partial charge in [0, 0.05) is 19.4 Å². The van der Waals surface area contributed by atoms with Crippen molar-refractivity contribution >= 4 is 17.5 Å². The highest BCUT2D eigenvalue weighted by atomic mass is 19.1. The SMILES string of the molecule is C[C@@H]1CN(C(=O)CCC(=O)NCc2ccc(F)cc2)c2ccccc2O1. The number of carbonyl (C=O) groups is 2. The molecule has 1 atom stereocenters. The summed E-state index contributed by atoms with van der Waals surface area (Å²) in [5.74, 6) is 0.0489. The molecule has 1 N–H and O–H groups in total. The van der Waals surface area contributed by atoms with Crippen molar-refractivity contribution in [2.24, 2.45) is 0 Å². The normalized spacial score (nSPS) is 15.8. The van der Waals surface area contributed by atoms with E-state index in [1.807, 2.05) is 31.2 Å². The molecule has 0 unspecified atom stereocenters. The van der Waals surface area contributed by atoms with Crippen LogP contribution in [0.3, 0.4) is 0 Å². The lowest BCUT2D eigenvalue weighted by atomic mass is 10.1. The molecule has 2 aromatic rings. The van der Waals surface area contributed by atoms with E-state index in [1.54, 1.807) is 17.0 Å². The van der Waals surface area contributed by atoms with E-state index in [4.69, 9.17) is 4.74 Å². The Hall–Kier alpha value is -2.89. The standard InChI is InChI=1S/C20H21FN2O3/c1-14-13-23(17-4-2-3-5-18(17)26-14)20(25)11-10-19(24)22-12-15-6-8-16(21)9-7-15/h2-9,14H,10-13H2,1H3,(H,22,24)/t14-/m1/s1. The van der Waals surface area contributed by atoms with Gasteiger partial charge in [-0.3, -0.25) is 9.59 Å². The van der Waals surface area contributed by atoms with E-state index < -0.39 is 0 Å². The lowest BCUT2D eigenvalue weighted by molar-refractivity contribution is -0.125. The molecule has 6 heteroatoms. The van der Waals surface area contributed by atoms with Crippen molar-refractivity contribution in [2.75, 3.05) is 11.4 Å². The van der Waals surface area contributed by atoms with Gasteiger partial charge < -0.3 is 15.0 Å². The van der Waals surface area contributed by atoms with E-state index in [0.29, 0.717) is 18.8 Å². The maximum Gasteiger partial charge on any atom is 0.227 e. The molecule has 1 aliphatic heterocycles. The molecule has 0 saturated heterocycles. The maximum atomic E-state index is 12.9. The minimum absolute atomic E-state index is 0.0962. The lowest BCUT2D eigenvalue weighted by Gasteiger charge is -2.33. The van der Waals surface area contributed by atoms with Gasteiger partial charge in [0.05, 0.1) is 12.2 Å². The third kappa shape index (κ3) is 4.39. The molecule has 0 bridgehead atoms. The van der Waals surface area contributed by atoms with E-state index in [-0.39, 0.29) is 36.6 Å². The molecular weight excluding hydrogens is 335 g/mol. The molecule has 0 aromatic heterocycles. The second-order valence-corrected chi connectivity index (χ2v) is 6.30. The molecule has 1 aliphatic rings. The molecule has 1 heterocycles. The van der Waals surface area contributed by atoms with Crippen LogP contribution in [0.2, 0.25) is 0 Å². The summed E-state index contributed by atoms with van der Waals surface area (Å²) in [5.41, 5.74) is 1.55. The van der Waals surface area contributed by atoms with E-state index in [0.717, 1.165) is 11.3 Å². The molecule has 0 saturated carbocycles. The van der Waals surface area contributed by atoms with Gasteiger partial charge in [0.2, 0.25) is 11.8 Å². The van der Waals surface area contributed by atoms with Crippen LogP contribution in [0.15, 0.2) is 48.5 Å². The first-order valence-electron chi connectivity index (χ1n) is 8.60. The van der Waals surface area contributed by atoms with Gasteiger partial charge in [0.15, 0.2) is 0 Å². The topological polar surface area (TPSA) is 58.6 Å². The van der Waals surface area contributed by atoms with Crippen LogP contribution in [0, 0.1) is 5.82 Å². The molecule has 5 nitrogen and oxygen atoms in total. The smallest absolute Gasteiger partial charge is 0.227 e. The van der Waals surface area contributed by atoms with Crippen molar-refractivity contribution in [3.63, 3.8) is 0 Å². The highest BCUT2D eigenvalue weighted by Gasteiger charge is 2.27. The molecule has 2 aromatic carbocycles. The molecule has 0 fully saturated rings. The predicted molar refractivity (Wildman–Crippen MR) is 96.4 cm³/mol. The second kappa shape index (κ2) is 7.99. The minimum atomic E-state index is -0.314. The van der Waals surface area contributed by atoms with Gasteiger partial charge in [-0.25, -0.2) is 4.39 Å². The average molecular weight is 356 g/mol. The Morgan fingerprint density at radius 3 is 2.65 bits per heavy atom. The van der Waals surface area contributed by atoms with Crippen LogP contribution in [0.1, 0.15) is 25.3 Å². The van der Waals surface area contributed by atoms with Gasteiger partial charge in [-0.2, -0.15) is 0 Å². The summed E-state index contributed by atoms with van der Waals surface area (Å²) >= 11 is 0. The van der Waals surface area contributed by atoms with Crippen molar-refractivity contribution in [3.05, 3.63) is 59.9 Å². The summed E-state index contributed by atoms with van der Waals surface area (Å²) in [6.07, 6.45) is 0.130. The van der Waals surface area contributed by atoms with Gasteiger partial charge in [0.1, 0.15) is 17.7 Å². The Morgan fingerprint density at radius 2 is 1.88 bits per heavy atom. The van der Waals surface area contributed by atoms with Gasteiger partial charge in [-0.1, -0.05) is 24.3 Å². The zero-order chi connectivity index (χ0) is 18.5. The minimum Gasteiger partial charge on any atom is -0.487 e. The number of fused-ring (bicyclic) bond motifs is 1. The fraction of sp³-hybridized carbons (Fsp3) is 0.300. The first-order chi connectivity index (χ1) is 12.5. The van der Waals surface area contributed by atoms with E-state index in [2.05, 4.69) is 5.32 Å². The quantitative estimate of drug-likeness (QED) is 0.896. The monoisotopic (exact) mass is 356 g/mol. The summed E-state index contributed by atoms with van der Waals surface area (Å²) in [7, 11) is 0. The fourth-order valence-corrected chi connectivity index (χ4v) is 2.87. The maximum absolute atomic E-state index is 12.9. The van der Waals surface area contributed by atoms with Crippen molar-refractivity contribution in [1.29, 1.82) is 0 Å². The van der Waals surface area contributed by atoms with Gasteiger partial charge in [-0.15, -0.1) is 0 Å². The lowest BCUT2D eigenvalue weighted by Crippen LogP contribution is -2.42. The van der Waals surface area contributed by atoms with Crippen LogP contribution >= 0.6 is 0 Å². The largest absolute Gasteiger partial charge is 0.487 e. The van der Waals surface area contributed by atoms with Gasteiger partial charge >= 0.3 is 0 Å². The molecular formula is C20H21FN2O3. The Balaban J connectivity index is 1.52. The summed E-state index contributed by atoms with van der Waals surface area (Å²) in [6, 6.07) is 13.3. The summed E-state index contributed by atoms with van der Waals surface area (Å²) in [6.45, 7) is 2.68. The zero-order valence-corrected chi connectivity index (χ0v) is 14.6. The van der Waals surface area contributed by atoms with E-state index in [1.165, 1.54) is 12.1 Å². The number of para-hydroxylation sites is 2. The van der Waals surface area contributed by atoms with Crippen LogP contribution in [0.25, 0.3) is 0 Å². The number of anilines is 1. The van der Waals surface area contributed by atoms with Crippen molar-refractivity contribution in [3.8, 4) is 5.75 Å². The predicted octanol–water partition coefficient (Wildman–Crippen LogP) is 3.04. The highest BCUT2D eigenvalue weighted by molar-refractivity contribution is 5.97. The molecule has 0 radical (unpaired) electrons. The molecule has 26 heavy (non-hydrogen) atoms. The van der Waals surface area contributed by atoms with Crippen LogP contribution in [0.5, 0.6) is 5.75 Å². The summed E-state index contributed by atoms with van der Waals surface area (Å²) < 4.78 is 18.6. The third-order valence-corrected chi connectivity index (χ3v) is 4.19. The first-order valence-corrected chi connectivity index (χ1v) is 8.60. The number of halogens is 1. The molecule has 0 aliphatic carbocycles. The Bertz CT molecular complexity index is 792. The number of ether oxygens (including phenoxy) is 1. The number of nitrogens with one attached hydrogen (secondary N) is 1. The molecule has 2 amide bonds. The van der Waals surface area contributed by atoms with Crippen LogP contribution < -0.4 is 15.0 Å². The number of rotatable bonds is 5. The van der Waals surface area contributed by atoms with Crippen LogP contribution in [0.4, 0.5) is 10.1 Å². The number of amides is 2. The number of carbonyl (C=O) groups excluding carboxylic acids is 2. The first kappa shape index (κ1) is 17.9. The third-order valence-electron chi connectivity index (χ3n) is 4.19. The zero-order valence-electron chi connectivity index (χ0n) is 14.6. The fourth-order valence-electron chi connectivity index (χ4n) is 2.87. The molecule has 3 rings (SSSR count). The Kier molecular flexibility index (Phi) is 5.51.